The molecule has 4 rings (SSSR count). The van der Waals surface area contributed by atoms with E-state index in [1.54, 1.807) is 50.2 Å². The van der Waals surface area contributed by atoms with Gasteiger partial charge in [-0.15, -0.1) is 0 Å². The van der Waals surface area contributed by atoms with Gasteiger partial charge >= 0.3 is 17.9 Å². The second-order valence-electron chi connectivity index (χ2n) is 10.3. The van der Waals surface area contributed by atoms with Crippen LogP contribution in [0.4, 0.5) is 0 Å². The monoisotopic (exact) mass is 612 g/mol. The molecule has 4 aromatic rings. The van der Waals surface area contributed by atoms with E-state index >= 15 is 0 Å². The molecular weight excluding hydrogens is 580 g/mol. The van der Waals surface area contributed by atoms with Crippen molar-refractivity contribution in [2.45, 2.75) is 20.8 Å². The predicted molar refractivity (Wildman–Crippen MR) is 178 cm³/mol. The van der Waals surface area contributed by atoms with Crippen LogP contribution in [0.3, 0.4) is 0 Å². The summed E-state index contributed by atoms with van der Waals surface area (Å²) in [5, 5.41) is 0. The lowest BCUT2D eigenvalue weighted by atomic mass is 9.94. The van der Waals surface area contributed by atoms with Gasteiger partial charge in [0.25, 0.3) is 0 Å². The molecule has 0 saturated heterocycles. The van der Waals surface area contributed by atoms with Gasteiger partial charge in [0.15, 0.2) is 11.5 Å². The minimum absolute atomic E-state index is 0.170. The summed E-state index contributed by atoms with van der Waals surface area (Å²) < 4.78 is 22.0. The van der Waals surface area contributed by atoms with Crippen molar-refractivity contribution in [3.63, 3.8) is 0 Å². The second kappa shape index (κ2) is 14.6. The summed E-state index contributed by atoms with van der Waals surface area (Å²) in [6, 6.07) is 23.5. The topological polar surface area (TPSA) is 88.1 Å². The summed E-state index contributed by atoms with van der Waals surface area (Å²) in [4.78, 5) is 36.0. The van der Waals surface area contributed by atoms with Gasteiger partial charge in [0.05, 0.1) is 12.7 Å². The molecule has 0 bridgehead atoms. The maximum Gasteiger partial charge on any atom is 0.338 e. The molecule has 0 radical (unpaired) electrons. The van der Waals surface area contributed by atoms with Gasteiger partial charge in [0.1, 0.15) is 11.5 Å². The zero-order valence-corrected chi connectivity index (χ0v) is 26.1. The third-order valence-electron chi connectivity index (χ3n) is 6.68. The van der Waals surface area contributed by atoms with E-state index in [4.69, 9.17) is 18.9 Å². The average Bonchev–Trinajstić information content (AvgIpc) is 3.05. The summed E-state index contributed by atoms with van der Waals surface area (Å²) in [7, 11) is 1.51. The second-order valence-corrected chi connectivity index (χ2v) is 10.3. The number of methoxy groups -OCH3 is 1. The zero-order valence-electron chi connectivity index (χ0n) is 26.1. The summed E-state index contributed by atoms with van der Waals surface area (Å²) in [6.07, 6.45) is 1.08. The number of rotatable bonds is 9. The van der Waals surface area contributed by atoms with Gasteiger partial charge in [-0.3, -0.25) is 0 Å². The van der Waals surface area contributed by atoms with Crippen molar-refractivity contribution in [2.24, 2.45) is 0 Å². The van der Waals surface area contributed by atoms with Crippen LogP contribution in [-0.2, 0) is 14.4 Å². The van der Waals surface area contributed by atoms with Crippen LogP contribution in [0.2, 0.25) is 0 Å². The van der Waals surface area contributed by atoms with Crippen LogP contribution in [0.1, 0.15) is 30.5 Å². The Balaban J connectivity index is 1.70. The zero-order chi connectivity index (χ0) is 33.4. The minimum Gasteiger partial charge on any atom is -0.492 e. The van der Waals surface area contributed by atoms with E-state index in [-0.39, 0.29) is 11.3 Å². The summed E-state index contributed by atoms with van der Waals surface area (Å²) in [5.74, 6) is 5.83. The minimum atomic E-state index is -0.614. The Kier molecular flexibility index (Phi) is 10.4. The highest BCUT2D eigenvalue weighted by Gasteiger charge is 2.22. The number of hydrogen-bond donors (Lipinski definition) is 0. The fraction of sp³-hybridized carbons (Fsp3) is 0.103. The molecule has 0 aliphatic heterocycles. The summed E-state index contributed by atoms with van der Waals surface area (Å²) >= 11 is 0. The molecule has 0 aliphatic carbocycles. The molecular formula is C39H32O7. The lowest BCUT2D eigenvalue weighted by Crippen LogP contribution is -2.11. The van der Waals surface area contributed by atoms with Crippen LogP contribution in [0.5, 0.6) is 23.0 Å². The van der Waals surface area contributed by atoms with Gasteiger partial charge in [0.2, 0.25) is 0 Å². The standard InChI is InChI=1S/C39H32O7/c1-8-34(40)44-32-19-10-27(11-20-32)9-12-31-23-26(6)35(37(43-7)36(31)46-39(42)25(4)5)30-15-13-28(14-16-30)29-17-21-33(22-18-29)45-38(41)24(2)3/h8,10-11,13-23H,1-2,4H2,3,5-7H3. The third-order valence-corrected chi connectivity index (χ3v) is 6.68. The molecule has 4 aromatic carbocycles. The Hall–Kier alpha value is -6.13. The van der Waals surface area contributed by atoms with Crippen LogP contribution in [0.15, 0.2) is 116 Å². The Morgan fingerprint density at radius 3 is 1.72 bits per heavy atom. The van der Waals surface area contributed by atoms with Crippen molar-refractivity contribution in [3.05, 3.63) is 133 Å². The molecule has 0 N–H and O–H groups in total. The van der Waals surface area contributed by atoms with E-state index in [1.807, 2.05) is 49.4 Å². The Morgan fingerprint density at radius 1 is 0.674 bits per heavy atom. The molecule has 0 aliphatic rings. The first-order valence-electron chi connectivity index (χ1n) is 14.1. The first kappa shape index (κ1) is 32.8. The van der Waals surface area contributed by atoms with Crippen molar-refractivity contribution in [1.29, 1.82) is 0 Å². The number of ether oxygens (including phenoxy) is 4. The van der Waals surface area contributed by atoms with E-state index < -0.39 is 17.9 Å². The van der Waals surface area contributed by atoms with Gasteiger partial charge in [-0.1, -0.05) is 68.0 Å². The molecule has 0 atom stereocenters. The van der Waals surface area contributed by atoms with E-state index in [1.165, 1.54) is 7.11 Å². The lowest BCUT2D eigenvalue weighted by Gasteiger charge is -2.18. The maximum atomic E-state index is 12.7. The van der Waals surface area contributed by atoms with Gasteiger partial charge in [-0.25, -0.2) is 14.4 Å². The molecule has 0 spiro atoms. The molecule has 7 nitrogen and oxygen atoms in total. The van der Waals surface area contributed by atoms with Crippen LogP contribution >= 0.6 is 0 Å². The number of carbonyl (C=O) groups excluding carboxylic acids is 3. The van der Waals surface area contributed by atoms with Crippen molar-refractivity contribution >= 4 is 17.9 Å². The highest BCUT2D eigenvalue weighted by molar-refractivity contribution is 5.91. The SMILES string of the molecule is C=CC(=O)Oc1ccc(C#Cc2cc(C)c(-c3ccc(-c4ccc(OC(=O)C(=C)C)cc4)cc3)c(OC)c2OC(=O)C(=C)C)cc1. The number of esters is 3. The first-order chi connectivity index (χ1) is 22.0. The summed E-state index contributed by atoms with van der Waals surface area (Å²) in [6.45, 7) is 15.8. The highest BCUT2D eigenvalue weighted by Crippen LogP contribution is 2.43. The molecule has 0 fully saturated rings. The van der Waals surface area contributed by atoms with Crippen LogP contribution in [0, 0.1) is 18.8 Å². The summed E-state index contributed by atoms with van der Waals surface area (Å²) in [5.41, 5.74) is 5.92. The first-order valence-corrected chi connectivity index (χ1v) is 14.1. The van der Waals surface area contributed by atoms with Crippen LogP contribution in [-0.4, -0.2) is 25.0 Å². The Morgan fingerprint density at radius 2 is 1.17 bits per heavy atom. The normalized spacial score (nSPS) is 10.1. The molecule has 0 saturated carbocycles. The van der Waals surface area contributed by atoms with E-state index in [0.717, 1.165) is 33.9 Å². The fourth-order valence-corrected chi connectivity index (χ4v) is 4.34. The van der Waals surface area contributed by atoms with Crippen molar-refractivity contribution in [3.8, 4) is 57.1 Å². The van der Waals surface area contributed by atoms with Crippen LogP contribution < -0.4 is 18.9 Å². The number of benzene rings is 4. The van der Waals surface area contributed by atoms with E-state index in [2.05, 4.69) is 31.6 Å². The fourth-order valence-electron chi connectivity index (χ4n) is 4.34. The van der Waals surface area contributed by atoms with Gasteiger partial charge in [0, 0.05) is 28.3 Å². The molecule has 230 valence electrons. The average molecular weight is 613 g/mol. The van der Waals surface area contributed by atoms with Gasteiger partial charge in [-0.2, -0.15) is 0 Å². The predicted octanol–water partition coefficient (Wildman–Crippen LogP) is 7.79. The molecule has 0 amide bonds. The molecule has 46 heavy (non-hydrogen) atoms. The highest BCUT2D eigenvalue weighted by atomic mass is 16.6. The van der Waals surface area contributed by atoms with E-state index in [0.29, 0.717) is 33.9 Å². The molecule has 7 heteroatoms. The van der Waals surface area contributed by atoms with Crippen molar-refractivity contribution in [1.82, 2.24) is 0 Å². The number of hydrogen-bond acceptors (Lipinski definition) is 7. The molecule has 0 aromatic heterocycles. The maximum absolute atomic E-state index is 12.7. The number of carbonyl (C=O) groups is 3. The van der Waals surface area contributed by atoms with Crippen LogP contribution in [0.25, 0.3) is 22.3 Å². The third kappa shape index (κ3) is 7.87. The largest absolute Gasteiger partial charge is 0.492 e. The molecule has 0 unspecified atom stereocenters. The van der Waals surface area contributed by atoms with Gasteiger partial charge in [-0.05, 0) is 85.5 Å². The van der Waals surface area contributed by atoms with Crippen molar-refractivity contribution < 1.29 is 33.3 Å². The quantitative estimate of drug-likeness (QED) is 0.0825. The smallest absolute Gasteiger partial charge is 0.338 e. The Labute approximate surface area is 268 Å². The van der Waals surface area contributed by atoms with Gasteiger partial charge < -0.3 is 18.9 Å². The van der Waals surface area contributed by atoms with E-state index in [9.17, 15) is 14.4 Å². The van der Waals surface area contributed by atoms with Crippen molar-refractivity contribution in [2.75, 3.05) is 7.11 Å². The Bertz CT molecular complexity index is 1900. The molecule has 0 heterocycles. The number of aryl methyl sites for hydroxylation is 1. The lowest BCUT2D eigenvalue weighted by molar-refractivity contribution is -0.131.